The molecule has 2 rings (SSSR count). The average Bonchev–Trinajstić information content (AvgIpc) is 3.00. The third-order valence-electron chi connectivity index (χ3n) is 2.97. The lowest BCUT2D eigenvalue weighted by Gasteiger charge is -2.01. The molecule has 2 heterocycles. The molecule has 0 atom stereocenters. The second-order valence-electron chi connectivity index (χ2n) is 4.59. The van der Waals surface area contributed by atoms with E-state index in [1.807, 2.05) is 11.3 Å². The Morgan fingerprint density at radius 3 is 2.72 bits per heavy atom. The van der Waals surface area contributed by atoms with Crippen LogP contribution in [0.4, 0.5) is 0 Å². The zero-order chi connectivity index (χ0) is 12.8. The lowest BCUT2D eigenvalue weighted by molar-refractivity contribution is 0.673. The van der Waals surface area contributed by atoms with Gasteiger partial charge in [-0.15, -0.1) is 11.3 Å². The summed E-state index contributed by atoms with van der Waals surface area (Å²) in [5.74, 6) is 0. The summed E-state index contributed by atoms with van der Waals surface area (Å²) in [6.45, 7) is 7.48. The Hall–Kier alpha value is -1.06. The average molecular weight is 262 g/mol. The minimum absolute atomic E-state index is 0.978. The van der Waals surface area contributed by atoms with Crippen LogP contribution in [0.3, 0.4) is 0 Å². The molecule has 18 heavy (non-hydrogen) atoms. The van der Waals surface area contributed by atoms with E-state index in [0.717, 1.165) is 26.1 Å². The molecule has 98 valence electrons. The summed E-state index contributed by atoms with van der Waals surface area (Å²) in [5, 5.41) is 3.43. The number of hydrogen-bond donors (Lipinski definition) is 1. The van der Waals surface area contributed by atoms with Crippen LogP contribution in [0.15, 0.2) is 30.6 Å². The van der Waals surface area contributed by atoms with Gasteiger partial charge in [-0.25, -0.2) is 0 Å². The van der Waals surface area contributed by atoms with Crippen LogP contribution in [-0.2, 0) is 19.5 Å². The van der Waals surface area contributed by atoms with Gasteiger partial charge in [-0.05, 0) is 43.1 Å². The van der Waals surface area contributed by atoms with Gasteiger partial charge in [0, 0.05) is 28.7 Å². The quantitative estimate of drug-likeness (QED) is 0.754. The van der Waals surface area contributed by atoms with E-state index < -0.39 is 0 Å². The molecule has 3 heteroatoms. The molecule has 0 aliphatic carbocycles. The Kier molecular flexibility index (Phi) is 5.02. The molecule has 0 aromatic carbocycles. The number of rotatable bonds is 7. The molecule has 2 aromatic heterocycles. The van der Waals surface area contributed by atoms with Crippen LogP contribution in [0, 0.1) is 0 Å². The highest BCUT2D eigenvalue weighted by Crippen LogP contribution is 2.18. The largest absolute Gasteiger partial charge is 0.349 e. The van der Waals surface area contributed by atoms with Crippen molar-refractivity contribution in [1.29, 1.82) is 0 Å². The van der Waals surface area contributed by atoms with Crippen LogP contribution < -0.4 is 5.32 Å². The molecule has 0 spiro atoms. The lowest BCUT2D eigenvalue weighted by atomic mass is 10.3. The zero-order valence-corrected chi connectivity index (χ0v) is 12.1. The summed E-state index contributed by atoms with van der Waals surface area (Å²) >= 11 is 1.92. The van der Waals surface area contributed by atoms with E-state index in [4.69, 9.17) is 0 Å². The van der Waals surface area contributed by atoms with Gasteiger partial charge >= 0.3 is 0 Å². The smallest absolute Gasteiger partial charge is 0.0563 e. The molecular formula is C15H22N2S. The lowest BCUT2D eigenvalue weighted by Crippen LogP contribution is -2.13. The first-order chi connectivity index (χ1) is 8.81. The molecule has 0 saturated carbocycles. The van der Waals surface area contributed by atoms with Crippen molar-refractivity contribution in [3.63, 3.8) is 0 Å². The summed E-state index contributed by atoms with van der Waals surface area (Å²) in [6.07, 6.45) is 6.75. The van der Waals surface area contributed by atoms with Crippen molar-refractivity contribution >= 4 is 11.3 Å². The van der Waals surface area contributed by atoms with Crippen molar-refractivity contribution in [2.45, 2.75) is 39.8 Å². The van der Waals surface area contributed by atoms with Gasteiger partial charge in [0.05, 0.1) is 6.54 Å². The summed E-state index contributed by atoms with van der Waals surface area (Å²) in [6, 6.07) is 6.70. The Balaban J connectivity index is 1.89. The third kappa shape index (κ3) is 3.72. The molecule has 0 fully saturated rings. The molecule has 2 nitrogen and oxygen atoms in total. The van der Waals surface area contributed by atoms with Gasteiger partial charge in [0.1, 0.15) is 0 Å². The summed E-state index contributed by atoms with van der Waals surface area (Å²) < 4.78 is 2.27. The highest BCUT2D eigenvalue weighted by Gasteiger charge is 2.01. The molecule has 0 radical (unpaired) electrons. The molecule has 0 unspecified atom stereocenters. The maximum atomic E-state index is 3.43. The number of hydrogen-bond acceptors (Lipinski definition) is 2. The van der Waals surface area contributed by atoms with Crippen LogP contribution >= 0.6 is 11.3 Å². The number of nitrogens with zero attached hydrogens (tertiary/aromatic N) is 1. The van der Waals surface area contributed by atoms with Gasteiger partial charge < -0.3 is 9.88 Å². The minimum Gasteiger partial charge on any atom is -0.349 e. The molecule has 0 aliphatic rings. The molecule has 0 aliphatic heterocycles. The van der Waals surface area contributed by atoms with Crippen LogP contribution in [0.1, 0.15) is 35.6 Å². The minimum atomic E-state index is 0.978. The van der Waals surface area contributed by atoms with E-state index in [2.05, 4.69) is 54.3 Å². The second kappa shape index (κ2) is 6.76. The molecule has 0 amide bonds. The van der Waals surface area contributed by atoms with E-state index in [1.165, 1.54) is 21.7 Å². The van der Waals surface area contributed by atoms with Crippen LogP contribution in [-0.4, -0.2) is 11.1 Å². The molecule has 2 aromatic rings. The standard InChI is InChI=1S/C15H22N2S/c1-3-8-16-10-13-7-9-17(11-13)12-15-6-5-14(4-2)18-15/h5-7,9,11,16H,3-4,8,10,12H2,1-2H3. The van der Waals surface area contributed by atoms with Crippen LogP contribution in [0.5, 0.6) is 0 Å². The number of aromatic nitrogens is 1. The Bertz CT molecular complexity index is 470. The number of aryl methyl sites for hydroxylation is 1. The van der Waals surface area contributed by atoms with Crippen molar-refractivity contribution in [3.05, 3.63) is 45.9 Å². The number of thiophene rings is 1. The van der Waals surface area contributed by atoms with Gasteiger partial charge in [-0.1, -0.05) is 13.8 Å². The summed E-state index contributed by atoms with van der Waals surface area (Å²) in [4.78, 5) is 2.91. The molecule has 0 bridgehead atoms. The van der Waals surface area contributed by atoms with Crippen LogP contribution in [0.2, 0.25) is 0 Å². The van der Waals surface area contributed by atoms with E-state index >= 15 is 0 Å². The van der Waals surface area contributed by atoms with E-state index in [0.29, 0.717) is 0 Å². The Morgan fingerprint density at radius 2 is 2.00 bits per heavy atom. The van der Waals surface area contributed by atoms with Gasteiger partial charge in [-0.2, -0.15) is 0 Å². The first-order valence-electron chi connectivity index (χ1n) is 6.74. The van der Waals surface area contributed by atoms with Crippen molar-refractivity contribution in [2.75, 3.05) is 6.54 Å². The second-order valence-corrected chi connectivity index (χ2v) is 5.84. The Morgan fingerprint density at radius 1 is 1.17 bits per heavy atom. The monoisotopic (exact) mass is 262 g/mol. The predicted molar refractivity (Wildman–Crippen MR) is 79.2 cm³/mol. The fourth-order valence-electron chi connectivity index (χ4n) is 1.98. The fourth-order valence-corrected chi connectivity index (χ4v) is 2.95. The topological polar surface area (TPSA) is 17.0 Å². The van der Waals surface area contributed by atoms with Crippen molar-refractivity contribution in [3.8, 4) is 0 Å². The molecule has 1 N–H and O–H groups in total. The first kappa shape index (κ1) is 13.4. The van der Waals surface area contributed by atoms with Gasteiger partial charge in [0.25, 0.3) is 0 Å². The summed E-state index contributed by atoms with van der Waals surface area (Å²) in [7, 11) is 0. The zero-order valence-electron chi connectivity index (χ0n) is 11.3. The third-order valence-corrected chi connectivity index (χ3v) is 4.19. The highest BCUT2D eigenvalue weighted by atomic mass is 32.1. The predicted octanol–water partition coefficient (Wildman–Crippen LogP) is 3.66. The van der Waals surface area contributed by atoms with Crippen molar-refractivity contribution in [1.82, 2.24) is 9.88 Å². The Labute approximate surface area is 114 Å². The van der Waals surface area contributed by atoms with Crippen molar-refractivity contribution < 1.29 is 0 Å². The molecule has 0 saturated heterocycles. The van der Waals surface area contributed by atoms with Crippen molar-refractivity contribution in [2.24, 2.45) is 0 Å². The maximum Gasteiger partial charge on any atom is 0.0563 e. The SMILES string of the molecule is CCCNCc1ccn(Cc2ccc(CC)s2)c1. The van der Waals surface area contributed by atoms with E-state index in [-0.39, 0.29) is 0 Å². The first-order valence-corrected chi connectivity index (χ1v) is 7.56. The highest BCUT2D eigenvalue weighted by molar-refractivity contribution is 7.11. The number of nitrogens with one attached hydrogen (secondary N) is 1. The normalized spacial score (nSPS) is 11.0. The maximum absolute atomic E-state index is 3.43. The summed E-state index contributed by atoms with van der Waals surface area (Å²) in [5.41, 5.74) is 1.37. The van der Waals surface area contributed by atoms with Gasteiger partial charge in [0.15, 0.2) is 0 Å². The van der Waals surface area contributed by atoms with E-state index in [9.17, 15) is 0 Å². The molecular weight excluding hydrogens is 240 g/mol. The van der Waals surface area contributed by atoms with E-state index in [1.54, 1.807) is 0 Å². The fraction of sp³-hybridized carbons (Fsp3) is 0.467. The van der Waals surface area contributed by atoms with Gasteiger partial charge in [-0.3, -0.25) is 0 Å². The van der Waals surface area contributed by atoms with Crippen LogP contribution in [0.25, 0.3) is 0 Å². The van der Waals surface area contributed by atoms with Gasteiger partial charge in [0.2, 0.25) is 0 Å².